The molecule has 2 N–H and O–H groups in total. The van der Waals surface area contributed by atoms with Gasteiger partial charge in [-0.15, -0.1) is 0 Å². The molecule has 0 aliphatic carbocycles. The molecule has 0 saturated heterocycles. The Morgan fingerprint density at radius 3 is 1.92 bits per heavy atom. The van der Waals surface area contributed by atoms with Crippen molar-refractivity contribution in [2.45, 2.75) is 32.8 Å². The minimum absolute atomic E-state index is 0.315. The fourth-order valence-corrected chi connectivity index (χ4v) is 9.78. The van der Waals surface area contributed by atoms with Crippen molar-refractivity contribution in [3.8, 4) is 0 Å². The number of benzene rings is 1. The minimum atomic E-state index is -0.936. The van der Waals surface area contributed by atoms with Crippen molar-refractivity contribution < 1.29 is 19.8 Å². The summed E-state index contributed by atoms with van der Waals surface area (Å²) in [6.07, 6.45) is 1.63. The van der Waals surface area contributed by atoms with Gasteiger partial charge in [-0.3, -0.25) is 0 Å². The third kappa shape index (κ3) is 8.21. The van der Waals surface area contributed by atoms with Crippen molar-refractivity contribution in [1.82, 2.24) is 4.98 Å². The number of hydrogen-bond acceptors (Lipinski definition) is 5. The molecule has 0 atom stereocenters. The van der Waals surface area contributed by atoms with Crippen LogP contribution in [0.5, 0.6) is 0 Å². The Morgan fingerprint density at radius 2 is 1.38 bits per heavy atom. The Hall–Kier alpha value is -0.873. The Morgan fingerprint density at radius 1 is 0.846 bits per heavy atom. The topological polar surface area (TPSA) is 87.5 Å². The van der Waals surface area contributed by atoms with Crippen LogP contribution in [-0.4, -0.2) is 54.1 Å². The van der Waals surface area contributed by atoms with Gasteiger partial charge in [0, 0.05) is 0 Å². The maximum absolute atomic E-state index is 10.8. The molecule has 26 heavy (non-hydrogen) atoms. The molecular formula is C17H21As2NO4S2. The third-order valence-corrected chi connectivity index (χ3v) is 11.4. The zero-order valence-electron chi connectivity index (χ0n) is 14.9. The van der Waals surface area contributed by atoms with Crippen LogP contribution in [0.1, 0.15) is 20.7 Å². The van der Waals surface area contributed by atoms with E-state index in [1.165, 1.54) is 0 Å². The van der Waals surface area contributed by atoms with Gasteiger partial charge >= 0.3 is 170 Å². The van der Waals surface area contributed by atoms with Gasteiger partial charge in [0.2, 0.25) is 0 Å². The second-order valence-electron chi connectivity index (χ2n) is 5.27. The summed E-state index contributed by atoms with van der Waals surface area (Å²) < 4.78 is 0. The molecule has 1 aromatic heterocycles. The number of aromatic nitrogens is 1. The fraction of sp³-hybridized carbons (Fsp3) is 0.235. The molecule has 0 amide bonds. The summed E-state index contributed by atoms with van der Waals surface area (Å²) >= 11 is -1.81. The maximum atomic E-state index is 10.8. The Bertz CT molecular complexity index is 694. The molecule has 0 aliphatic heterocycles. The monoisotopic (exact) mass is 517 g/mol. The molecule has 2 rings (SSSR count). The van der Waals surface area contributed by atoms with Crippen molar-refractivity contribution in [3.05, 3.63) is 53.7 Å². The number of rotatable bonds is 6. The summed E-state index contributed by atoms with van der Waals surface area (Å²) in [6.45, 7) is 0. The average molecular weight is 517 g/mol. The predicted octanol–water partition coefficient (Wildman–Crippen LogP) is 4.85. The SMILES string of the molecule is C[As](C)Sc1ccccc1C(=O)O.C[As](C)Sc1ncccc1C(=O)O. The number of carboxylic acids is 2. The summed E-state index contributed by atoms with van der Waals surface area (Å²) in [5, 5.41) is 18.4. The Kier molecular flexibility index (Phi) is 10.5. The first-order chi connectivity index (χ1) is 12.2. The zero-order chi connectivity index (χ0) is 19.7. The molecular weight excluding hydrogens is 496 g/mol. The van der Waals surface area contributed by atoms with Crippen LogP contribution in [0.25, 0.3) is 0 Å². The van der Waals surface area contributed by atoms with E-state index in [1.54, 1.807) is 50.5 Å². The van der Waals surface area contributed by atoms with Crippen molar-refractivity contribution in [1.29, 1.82) is 0 Å². The number of hydrogen-bond donors (Lipinski definition) is 2. The summed E-state index contributed by atoms with van der Waals surface area (Å²) in [5.74, 6) is -1.73. The van der Waals surface area contributed by atoms with Gasteiger partial charge < -0.3 is 0 Å². The van der Waals surface area contributed by atoms with Crippen LogP contribution < -0.4 is 0 Å². The van der Waals surface area contributed by atoms with Crippen molar-refractivity contribution in [3.63, 3.8) is 0 Å². The molecule has 0 spiro atoms. The van der Waals surface area contributed by atoms with Crippen LogP contribution in [0.15, 0.2) is 52.5 Å². The van der Waals surface area contributed by atoms with Gasteiger partial charge in [-0.1, -0.05) is 0 Å². The fourth-order valence-electron chi connectivity index (χ4n) is 1.72. The molecule has 0 fully saturated rings. The number of pyridine rings is 1. The number of aromatic carboxylic acids is 2. The van der Waals surface area contributed by atoms with E-state index < -0.39 is 38.9 Å². The van der Waals surface area contributed by atoms with Crippen LogP contribution >= 0.6 is 20.0 Å². The second kappa shape index (κ2) is 11.8. The van der Waals surface area contributed by atoms with E-state index in [1.807, 2.05) is 12.1 Å². The molecule has 9 heteroatoms. The van der Waals surface area contributed by atoms with E-state index in [9.17, 15) is 9.59 Å². The van der Waals surface area contributed by atoms with Crippen LogP contribution in [0.2, 0.25) is 22.8 Å². The van der Waals surface area contributed by atoms with Gasteiger partial charge in [-0.25, -0.2) is 0 Å². The molecule has 0 unspecified atom stereocenters. The van der Waals surface area contributed by atoms with Crippen LogP contribution in [0.3, 0.4) is 0 Å². The first-order valence-corrected chi connectivity index (χ1v) is 21.1. The number of carboxylic acid groups (broad SMARTS) is 2. The quantitative estimate of drug-likeness (QED) is 0.530. The molecule has 1 heterocycles. The number of nitrogens with zero attached hydrogens (tertiary/aromatic N) is 1. The van der Waals surface area contributed by atoms with Gasteiger partial charge in [0.1, 0.15) is 0 Å². The van der Waals surface area contributed by atoms with Gasteiger partial charge in [0.15, 0.2) is 0 Å². The molecule has 0 saturated carbocycles. The van der Waals surface area contributed by atoms with Crippen LogP contribution in [0, 0.1) is 0 Å². The summed E-state index contributed by atoms with van der Waals surface area (Å²) in [6, 6.07) is 10.4. The van der Waals surface area contributed by atoms with Crippen molar-refractivity contribution >= 4 is 59.0 Å². The van der Waals surface area contributed by atoms with Gasteiger partial charge in [-0.05, 0) is 0 Å². The molecule has 5 nitrogen and oxygen atoms in total. The Balaban J connectivity index is 0.000000260. The van der Waals surface area contributed by atoms with Crippen molar-refractivity contribution in [2.24, 2.45) is 0 Å². The van der Waals surface area contributed by atoms with E-state index in [0.717, 1.165) is 4.90 Å². The first kappa shape index (κ1) is 23.2. The van der Waals surface area contributed by atoms with Crippen molar-refractivity contribution in [2.75, 3.05) is 0 Å². The van der Waals surface area contributed by atoms with E-state index in [2.05, 4.69) is 27.8 Å². The van der Waals surface area contributed by atoms with E-state index in [0.29, 0.717) is 16.2 Å². The average Bonchev–Trinajstić information content (AvgIpc) is 2.55. The van der Waals surface area contributed by atoms with Gasteiger partial charge in [0.05, 0.1) is 0 Å². The third-order valence-electron chi connectivity index (χ3n) is 2.67. The summed E-state index contributed by atoms with van der Waals surface area (Å²) in [5.41, 5.74) is 9.42. The molecule has 1 aromatic carbocycles. The number of carbonyl (C=O) groups is 2. The summed E-state index contributed by atoms with van der Waals surface area (Å²) in [4.78, 5) is 26.5. The molecule has 140 valence electrons. The normalized spacial score (nSPS) is 10.4. The van der Waals surface area contributed by atoms with Crippen LogP contribution in [-0.2, 0) is 0 Å². The zero-order valence-corrected chi connectivity index (χ0v) is 20.3. The predicted molar refractivity (Wildman–Crippen MR) is 111 cm³/mol. The molecule has 0 bridgehead atoms. The van der Waals surface area contributed by atoms with E-state index in [4.69, 9.17) is 10.2 Å². The van der Waals surface area contributed by atoms with E-state index >= 15 is 0 Å². The van der Waals surface area contributed by atoms with Gasteiger partial charge in [-0.2, -0.15) is 0 Å². The van der Waals surface area contributed by atoms with Gasteiger partial charge in [0.25, 0.3) is 0 Å². The Labute approximate surface area is 169 Å². The second-order valence-corrected chi connectivity index (χ2v) is 23.2. The molecule has 0 radical (unpaired) electrons. The first-order valence-electron chi connectivity index (χ1n) is 7.43. The van der Waals surface area contributed by atoms with E-state index in [-0.39, 0.29) is 0 Å². The standard InChI is InChI=1S/C9H11AsO2S.C8H10AsNO2S/c1-10(2)13-8-6-4-3-5-7(8)9(11)12;1-9(2)13-7-6(8(11)12)4-3-5-10-7/h3-6H,1-2H3,(H,11,12);3-5H,1-2H3,(H,11,12). The molecule has 2 aromatic rings. The summed E-state index contributed by atoms with van der Waals surface area (Å²) in [7, 11) is 3.33. The van der Waals surface area contributed by atoms with Crippen LogP contribution in [0.4, 0.5) is 0 Å². The molecule has 0 aliphatic rings.